The highest BCUT2D eigenvalue weighted by Gasteiger charge is 2.34. The van der Waals surface area contributed by atoms with E-state index in [4.69, 9.17) is 4.74 Å². The molecule has 1 aliphatic heterocycles. The smallest absolute Gasteiger partial charge is 0.239 e. The quantitative estimate of drug-likeness (QED) is 0.800. The van der Waals surface area contributed by atoms with Crippen molar-refractivity contribution in [1.82, 2.24) is 10.6 Å². The molecule has 2 aliphatic rings. The minimum atomic E-state index is -0.523. The van der Waals surface area contributed by atoms with Gasteiger partial charge < -0.3 is 10.1 Å². The van der Waals surface area contributed by atoms with E-state index in [0.717, 1.165) is 19.6 Å². The summed E-state index contributed by atoms with van der Waals surface area (Å²) in [6, 6.07) is 0.284. The molecule has 2 fully saturated rings. The Morgan fingerprint density at radius 2 is 1.95 bits per heavy atom. The topological polar surface area (TPSA) is 50.4 Å². The van der Waals surface area contributed by atoms with E-state index in [1.807, 2.05) is 13.8 Å². The average molecular weight is 268 g/mol. The van der Waals surface area contributed by atoms with Crippen LogP contribution in [0.25, 0.3) is 0 Å². The van der Waals surface area contributed by atoms with E-state index in [-0.39, 0.29) is 18.1 Å². The maximum atomic E-state index is 12.3. The molecule has 0 bridgehead atoms. The Balaban J connectivity index is 1.78. The van der Waals surface area contributed by atoms with Crippen molar-refractivity contribution < 1.29 is 9.53 Å². The third-order valence-electron chi connectivity index (χ3n) is 4.52. The SMILES string of the molecule is CC1OCCC1NC(C)(C)C(=O)NCC1CCCC1. The van der Waals surface area contributed by atoms with Crippen molar-refractivity contribution >= 4 is 5.91 Å². The number of carbonyl (C=O) groups is 1. The highest BCUT2D eigenvalue weighted by atomic mass is 16.5. The molecule has 2 unspecified atom stereocenters. The van der Waals surface area contributed by atoms with Crippen molar-refractivity contribution in [1.29, 1.82) is 0 Å². The molecule has 1 heterocycles. The Kier molecular flexibility index (Phi) is 4.85. The summed E-state index contributed by atoms with van der Waals surface area (Å²) in [5.41, 5.74) is -0.523. The Bertz CT molecular complexity index is 311. The Morgan fingerprint density at radius 3 is 2.53 bits per heavy atom. The molecule has 1 aliphatic carbocycles. The number of hydrogen-bond acceptors (Lipinski definition) is 3. The molecule has 0 aromatic heterocycles. The predicted molar refractivity (Wildman–Crippen MR) is 76.0 cm³/mol. The van der Waals surface area contributed by atoms with E-state index in [9.17, 15) is 4.79 Å². The van der Waals surface area contributed by atoms with Gasteiger partial charge in [-0.3, -0.25) is 10.1 Å². The maximum absolute atomic E-state index is 12.3. The van der Waals surface area contributed by atoms with Gasteiger partial charge in [-0.05, 0) is 46.0 Å². The van der Waals surface area contributed by atoms with Crippen molar-refractivity contribution in [3.8, 4) is 0 Å². The van der Waals surface area contributed by atoms with Crippen LogP contribution in [0.3, 0.4) is 0 Å². The number of rotatable bonds is 5. The van der Waals surface area contributed by atoms with Crippen molar-refractivity contribution in [3.05, 3.63) is 0 Å². The van der Waals surface area contributed by atoms with Crippen molar-refractivity contribution in [2.75, 3.05) is 13.2 Å². The van der Waals surface area contributed by atoms with Crippen LogP contribution >= 0.6 is 0 Å². The summed E-state index contributed by atoms with van der Waals surface area (Å²) < 4.78 is 5.54. The van der Waals surface area contributed by atoms with E-state index in [1.165, 1.54) is 25.7 Å². The fraction of sp³-hybridized carbons (Fsp3) is 0.933. The molecule has 0 radical (unpaired) electrons. The monoisotopic (exact) mass is 268 g/mol. The number of nitrogens with one attached hydrogen (secondary N) is 2. The second kappa shape index (κ2) is 6.23. The van der Waals surface area contributed by atoms with Gasteiger partial charge in [-0.15, -0.1) is 0 Å². The Labute approximate surface area is 116 Å². The third-order valence-corrected chi connectivity index (χ3v) is 4.52. The van der Waals surface area contributed by atoms with Crippen LogP contribution in [0.15, 0.2) is 0 Å². The molecule has 1 amide bonds. The summed E-state index contributed by atoms with van der Waals surface area (Å²) in [7, 11) is 0. The van der Waals surface area contributed by atoms with E-state index < -0.39 is 5.54 Å². The normalized spacial score (nSPS) is 28.8. The lowest BCUT2D eigenvalue weighted by atomic mass is 9.99. The van der Waals surface area contributed by atoms with Crippen LogP contribution in [0.1, 0.15) is 52.9 Å². The first-order valence-electron chi connectivity index (χ1n) is 7.66. The summed E-state index contributed by atoms with van der Waals surface area (Å²) in [6.07, 6.45) is 6.35. The highest BCUT2D eigenvalue weighted by molar-refractivity contribution is 5.85. The molecular weight excluding hydrogens is 240 g/mol. The summed E-state index contributed by atoms with van der Waals surface area (Å²) >= 11 is 0. The molecule has 2 rings (SSSR count). The van der Waals surface area contributed by atoms with Crippen LogP contribution in [0, 0.1) is 5.92 Å². The van der Waals surface area contributed by atoms with Crippen LogP contribution in [0.4, 0.5) is 0 Å². The lowest BCUT2D eigenvalue weighted by Gasteiger charge is -2.30. The molecule has 2 N–H and O–H groups in total. The minimum Gasteiger partial charge on any atom is -0.377 e. The van der Waals surface area contributed by atoms with Gasteiger partial charge in [0.25, 0.3) is 0 Å². The third kappa shape index (κ3) is 3.93. The van der Waals surface area contributed by atoms with Crippen LogP contribution in [0.5, 0.6) is 0 Å². The zero-order chi connectivity index (χ0) is 13.9. The molecule has 4 nitrogen and oxygen atoms in total. The van der Waals surface area contributed by atoms with E-state index in [2.05, 4.69) is 17.6 Å². The zero-order valence-electron chi connectivity index (χ0n) is 12.5. The van der Waals surface area contributed by atoms with Gasteiger partial charge in [-0.1, -0.05) is 12.8 Å². The van der Waals surface area contributed by atoms with E-state index in [0.29, 0.717) is 5.92 Å². The summed E-state index contributed by atoms with van der Waals surface area (Å²) in [5, 5.41) is 6.55. The van der Waals surface area contributed by atoms with Gasteiger partial charge in [0.15, 0.2) is 0 Å². The number of hydrogen-bond donors (Lipinski definition) is 2. The standard InChI is InChI=1S/C15H28N2O2/c1-11-13(8-9-19-11)17-15(2,3)14(18)16-10-12-6-4-5-7-12/h11-13,17H,4-10H2,1-3H3,(H,16,18). The zero-order valence-corrected chi connectivity index (χ0v) is 12.5. The first-order chi connectivity index (χ1) is 8.99. The van der Waals surface area contributed by atoms with Gasteiger partial charge in [0.1, 0.15) is 0 Å². The molecule has 0 spiro atoms. The van der Waals surface area contributed by atoms with Gasteiger partial charge in [-0.25, -0.2) is 0 Å². The van der Waals surface area contributed by atoms with Gasteiger partial charge in [0.05, 0.1) is 11.6 Å². The molecule has 0 aromatic rings. The summed E-state index contributed by atoms with van der Waals surface area (Å²) in [6.45, 7) is 7.61. The minimum absolute atomic E-state index is 0.110. The highest BCUT2D eigenvalue weighted by Crippen LogP contribution is 2.24. The molecule has 4 heteroatoms. The van der Waals surface area contributed by atoms with Crippen LogP contribution in [-0.4, -0.2) is 36.7 Å². The van der Waals surface area contributed by atoms with Crippen molar-refractivity contribution in [2.45, 2.75) is 70.6 Å². The molecule has 2 atom stereocenters. The fourth-order valence-electron chi connectivity index (χ4n) is 3.12. The van der Waals surface area contributed by atoms with Crippen molar-refractivity contribution in [3.63, 3.8) is 0 Å². The summed E-state index contributed by atoms with van der Waals surface area (Å²) in [5.74, 6) is 0.798. The first kappa shape index (κ1) is 14.8. The van der Waals surface area contributed by atoms with Crippen LogP contribution in [-0.2, 0) is 9.53 Å². The average Bonchev–Trinajstić information content (AvgIpc) is 2.98. The van der Waals surface area contributed by atoms with Crippen LogP contribution < -0.4 is 10.6 Å². The Hall–Kier alpha value is -0.610. The fourth-order valence-corrected chi connectivity index (χ4v) is 3.12. The first-order valence-corrected chi connectivity index (χ1v) is 7.66. The van der Waals surface area contributed by atoms with Gasteiger partial charge in [0.2, 0.25) is 5.91 Å². The van der Waals surface area contributed by atoms with Gasteiger partial charge >= 0.3 is 0 Å². The Morgan fingerprint density at radius 1 is 1.26 bits per heavy atom. The number of carbonyl (C=O) groups excluding carboxylic acids is 1. The van der Waals surface area contributed by atoms with Crippen molar-refractivity contribution in [2.24, 2.45) is 5.92 Å². The lowest BCUT2D eigenvalue weighted by molar-refractivity contribution is -0.127. The van der Waals surface area contributed by atoms with Gasteiger partial charge in [-0.2, -0.15) is 0 Å². The molecule has 1 saturated heterocycles. The van der Waals surface area contributed by atoms with Crippen LogP contribution in [0.2, 0.25) is 0 Å². The lowest BCUT2D eigenvalue weighted by Crippen LogP contribution is -2.57. The largest absolute Gasteiger partial charge is 0.377 e. The predicted octanol–water partition coefficient (Wildman–Crippen LogP) is 1.84. The molecule has 1 saturated carbocycles. The number of ether oxygens (including phenoxy) is 1. The second-order valence-corrected chi connectivity index (χ2v) is 6.60. The van der Waals surface area contributed by atoms with E-state index >= 15 is 0 Å². The molecular formula is C15H28N2O2. The van der Waals surface area contributed by atoms with E-state index in [1.54, 1.807) is 0 Å². The summed E-state index contributed by atoms with van der Waals surface area (Å²) in [4.78, 5) is 12.3. The maximum Gasteiger partial charge on any atom is 0.239 e. The molecule has 0 aromatic carbocycles. The molecule has 110 valence electrons. The number of amides is 1. The molecule has 19 heavy (non-hydrogen) atoms. The van der Waals surface area contributed by atoms with Gasteiger partial charge in [0, 0.05) is 19.2 Å². The second-order valence-electron chi connectivity index (χ2n) is 6.60.